The predicted molar refractivity (Wildman–Crippen MR) is 87.3 cm³/mol. The highest BCUT2D eigenvalue weighted by atomic mass is 16.1. The first-order valence-electron chi connectivity index (χ1n) is 7.63. The average molecular weight is 274 g/mol. The van der Waals surface area contributed by atoms with Crippen LogP contribution in [0.4, 0.5) is 0 Å². The van der Waals surface area contributed by atoms with Crippen LogP contribution in [0.5, 0.6) is 0 Å². The minimum absolute atomic E-state index is 0.0906. The molecule has 0 aliphatic heterocycles. The molecule has 0 aliphatic rings. The van der Waals surface area contributed by atoms with Gasteiger partial charge in [-0.05, 0) is 34.8 Å². The van der Waals surface area contributed by atoms with Gasteiger partial charge < -0.3 is 0 Å². The summed E-state index contributed by atoms with van der Waals surface area (Å²) >= 11 is 0. The van der Waals surface area contributed by atoms with Crippen molar-refractivity contribution < 1.29 is 4.79 Å². The van der Waals surface area contributed by atoms with Crippen LogP contribution in [0.25, 0.3) is 0 Å². The van der Waals surface area contributed by atoms with E-state index in [0.717, 1.165) is 12.0 Å². The summed E-state index contributed by atoms with van der Waals surface area (Å²) in [4.78, 5) is 12.4. The van der Waals surface area contributed by atoms with E-state index in [1.165, 1.54) is 5.56 Å². The van der Waals surface area contributed by atoms with Gasteiger partial charge in [0, 0.05) is 12.0 Å². The van der Waals surface area contributed by atoms with E-state index in [-0.39, 0.29) is 16.6 Å². The molecule has 1 aromatic rings. The van der Waals surface area contributed by atoms with Crippen molar-refractivity contribution in [3.05, 3.63) is 35.4 Å². The lowest BCUT2D eigenvalue weighted by atomic mass is 9.82. The van der Waals surface area contributed by atoms with Crippen LogP contribution in [-0.2, 0) is 5.41 Å². The topological polar surface area (TPSA) is 17.1 Å². The van der Waals surface area contributed by atoms with Crippen LogP contribution in [0.1, 0.15) is 77.2 Å². The highest BCUT2D eigenvalue weighted by Crippen LogP contribution is 2.28. The van der Waals surface area contributed by atoms with E-state index in [4.69, 9.17) is 0 Å². The molecule has 1 unspecified atom stereocenters. The third-order valence-electron chi connectivity index (χ3n) is 3.55. The Labute approximate surface area is 124 Å². The Kier molecular flexibility index (Phi) is 5.18. The van der Waals surface area contributed by atoms with Crippen LogP contribution in [-0.4, -0.2) is 5.78 Å². The maximum Gasteiger partial charge on any atom is 0.163 e. The number of rotatable bonds is 4. The zero-order valence-electron chi connectivity index (χ0n) is 14.2. The lowest BCUT2D eigenvalue weighted by Crippen LogP contribution is -2.15. The van der Waals surface area contributed by atoms with Crippen molar-refractivity contribution in [3.63, 3.8) is 0 Å². The number of carbonyl (C=O) groups excluding carboxylic acids is 1. The molecule has 0 spiro atoms. The van der Waals surface area contributed by atoms with Crippen molar-refractivity contribution >= 4 is 5.78 Å². The van der Waals surface area contributed by atoms with E-state index in [1.54, 1.807) is 0 Å². The fraction of sp³-hybridized carbons (Fsp3) is 0.632. The van der Waals surface area contributed by atoms with Crippen molar-refractivity contribution in [2.75, 3.05) is 0 Å². The summed E-state index contributed by atoms with van der Waals surface area (Å²) in [6.45, 7) is 15.4. The fourth-order valence-electron chi connectivity index (χ4n) is 2.71. The molecule has 0 heterocycles. The van der Waals surface area contributed by atoms with E-state index in [1.807, 2.05) is 12.1 Å². The molecule has 1 heteroatoms. The Hall–Kier alpha value is -1.11. The highest BCUT2D eigenvalue weighted by Gasteiger charge is 2.20. The van der Waals surface area contributed by atoms with Gasteiger partial charge in [-0.2, -0.15) is 0 Å². The van der Waals surface area contributed by atoms with Gasteiger partial charge in [-0.3, -0.25) is 4.79 Å². The standard InChI is InChI=1S/C19H30O/c1-14(13-18(2,3)4)11-17(20)15-9-8-10-16(12-15)19(5,6)7/h8-10,12,14H,11,13H2,1-7H3. The molecular formula is C19H30O. The monoisotopic (exact) mass is 274 g/mol. The van der Waals surface area contributed by atoms with E-state index in [0.29, 0.717) is 12.3 Å². The van der Waals surface area contributed by atoms with Crippen LogP contribution in [0, 0.1) is 11.3 Å². The van der Waals surface area contributed by atoms with Gasteiger partial charge in [0.1, 0.15) is 0 Å². The molecule has 0 fully saturated rings. The molecule has 0 amide bonds. The maximum absolute atomic E-state index is 12.4. The minimum Gasteiger partial charge on any atom is -0.294 e. The Morgan fingerprint density at radius 3 is 2.20 bits per heavy atom. The Balaban J connectivity index is 2.78. The predicted octanol–water partition coefficient (Wildman–Crippen LogP) is 5.63. The van der Waals surface area contributed by atoms with Crippen LogP contribution in [0.2, 0.25) is 0 Å². The Bertz CT molecular complexity index is 457. The Morgan fingerprint density at radius 1 is 1.10 bits per heavy atom. The number of Topliss-reactive ketones (excluding diaryl/α,β-unsaturated/α-hetero) is 1. The molecule has 0 aliphatic carbocycles. The number of ketones is 1. The van der Waals surface area contributed by atoms with Gasteiger partial charge in [0.15, 0.2) is 5.78 Å². The molecule has 0 N–H and O–H groups in total. The molecule has 112 valence electrons. The van der Waals surface area contributed by atoms with Crippen molar-refractivity contribution in [1.82, 2.24) is 0 Å². The molecule has 0 radical (unpaired) electrons. The largest absolute Gasteiger partial charge is 0.294 e. The summed E-state index contributed by atoms with van der Waals surface area (Å²) < 4.78 is 0. The summed E-state index contributed by atoms with van der Waals surface area (Å²) in [6, 6.07) is 8.12. The molecule has 0 aromatic heterocycles. The molecule has 1 atom stereocenters. The molecular weight excluding hydrogens is 244 g/mol. The summed E-state index contributed by atoms with van der Waals surface area (Å²) in [5.74, 6) is 0.702. The van der Waals surface area contributed by atoms with E-state index < -0.39 is 0 Å². The van der Waals surface area contributed by atoms with E-state index in [2.05, 4.69) is 60.6 Å². The van der Waals surface area contributed by atoms with Crippen LogP contribution in [0.3, 0.4) is 0 Å². The highest BCUT2D eigenvalue weighted by molar-refractivity contribution is 5.96. The summed E-state index contributed by atoms with van der Waals surface area (Å²) in [7, 11) is 0. The van der Waals surface area contributed by atoms with Crippen LogP contribution in [0.15, 0.2) is 24.3 Å². The smallest absolute Gasteiger partial charge is 0.163 e. The molecule has 1 aromatic carbocycles. The molecule has 0 saturated carbocycles. The van der Waals surface area contributed by atoms with Gasteiger partial charge in [-0.15, -0.1) is 0 Å². The van der Waals surface area contributed by atoms with Crippen LogP contribution < -0.4 is 0 Å². The third-order valence-corrected chi connectivity index (χ3v) is 3.55. The van der Waals surface area contributed by atoms with E-state index >= 15 is 0 Å². The van der Waals surface area contributed by atoms with Crippen molar-refractivity contribution in [3.8, 4) is 0 Å². The molecule has 20 heavy (non-hydrogen) atoms. The first kappa shape index (κ1) is 16.9. The first-order valence-corrected chi connectivity index (χ1v) is 7.63. The SMILES string of the molecule is CC(CC(=O)c1cccc(C(C)(C)C)c1)CC(C)(C)C. The Morgan fingerprint density at radius 2 is 1.70 bits per heavy atom. The molecule has 1 rings (SSSR count). The summed E-state index contributed by atoms with van der Waals surface area (Å²) in [5, 5.41) is 0. The number of hydrogen-bond acceptors (Lipinski definition) is 1. The van der Waals surface area contributed by atoms with Gasteiger partial charge in [0.05, 0.1) is 0 Å². The first-order chi connectivity index (χ1) is 8.99. The molecule has 1 nitrogen and oxygen atoms in total. The number of carbonyl (C=O) groups is 1. The minimum atomic E-state index is 0.0906. The second-order valence-corrected chi connectivity index (χ2v) is 8.33. The van der Waals surface area contributed by atoms with Gasteiger partial charge >= 0.3 is 0 Å². The lowest BCUT2D eigenvalue weighted by molar-refractivity contribution is 0.0954. The number of hydrogen-bond donors (Lipinski definition) is 0. The summed E-state index contributed by atoms with van der Waals surface area (Å²) in [5.41, 5.74) is 2.46. The third kappa shape index (κ3) is 5.48. The second kappa shape index (κ2) is 6.11. The van der Waals surface area contributed by atoms with Gasteiger partial charge in [0.25, 0.3) is 0 Å². The normalized spacial score (nSPS) is 14.2. The number of benzene rings is 1. The zero-order valence-corrected chi connectivity index (χ0v) is 14.2. The summed E-state index contributed by atoms with van der Waals surface area (Å²) in [6.07, 6.45) is 1.72. The van der Waals surface area contributed by atoms with Gasteiger partial charge in [-0.25, -0.2) is 0 Å². The van der Waals surface area contributed by atoms with Crippen LogP contribution >= 0.6 is 0 Å². The van der Waals surface area contributed by atoms with Crippen molar-refractivity contribution in [1.29, 1.82) is 0 Å². The average Bonchev–Trinajstić information content (AvgIpc) is 2.25. The fourth-order valence-corrected chi connectivity index (χ4v) is 2.71. The van der Waals surface area contributed by atoms with E-state index in [9.17, 15) is 4.79 Å². The molecule has 0 saturated heterocycles. The van der Waals surface area contributed by atoms with Gasteiger partial charge in [0.2, 0.25) is 0 Å². The lowest BCUT2D eigenvalue weighted by Gasteiger charge is -2.23. The quantitative estimate of drug-likeness (QED) is 0.650. The van der Waals surface area contributed by atoms with Crippen molar-refractivity contribution in [2.24, 2.45) is 11.3 Å². The zero-order chi connectivity index (χ0) is 15.6. The molecule has 0 bridgehead atoms. The second-order valence-electron chi connectivity index (χ2n) is 8.33. The van der Waals surface area contributed by atoms with Gasteiger partial charge in [-0.1, -0.05) is 66.7 Å². The van der Waals surface area contributed by atoms with Crippen molar-refractivity contribution in [2.45, 2.75) is 66.7 Å². The maximum atomic E-state index is 12.4.